The summed E-state index contributed by atoms with van der Waals surface area (Å²) in [6, 6.07) is 6.25. The third kappa shape index (κ3) is 3.97. The number of benzene rings is 1. The summed E-state index contributed by atoms with van der Waals surface area (Å²) in [5, 5.41) is 25.6. The van der Waals surface area contributed by atoms with Crippen molar-refractivity contribution in [3.8, 4) is 0 Å². The number of carboxylic acids is 1. The van der Waals surface area contributed by atoms with Crippen molar-refractivity contribution < 1.29 is 19.6 Å². The van der Waals surface area contributed by atoms with E-state index in [4.69, 9.17) is 0 Å². The van der Waals surface area contributed by atoms with Crippen LogP contribution in [0, 0.1) is 15.5 Å². The smallest absolute Gasteiger partial charge is 0.310 e. The first-order chi connectivity index (χ1) is 10.9. The molecule has 8 nitrogen and oxygen atoms in total. The summed E-state index contributed by atoms with van der Waals surface area (Å²) in [4.78, 5) is 33.4. The Bertz CT molecular complexity index is 613. The van der Waals surface area contributed by atoms with Gasteiger partial charge in [0.15, 0.2) is 0 Å². The maximum absolute atomic E-state index is 11.8. The molecule has 8 heteroatoms. The minimum atomic E-state index is -0.920. The number of hydrogen-bond donors (Lipinski definition) is 3. The molecule has 0 bridgehead atoms. The maximum atomic E-state index is 11.8. The lowest BCUT2D eigenvalue weighted by Crippen LogP contribution is -2.43. The molecule has 124 valence electrons. The van der Waals surface area contributed by atoms with Gasteiger partial charge in [0.1, 0.15) is 5.69 Å². The number of nitro groups is 1. The Labute approximate surface area is 133 Å². The number of nitrogens with zero attached hydrogens (tertiary/aromatic N) is 1. The van der Waals surface area contributed by atoms with Gasteiger partial charge >= 0.3 is 5.97 Å². The summed E-state index contributed by atoms with van der Waals surface area (Å²) in [6.45, 7) is 0.581. The molecule has 2 rings (SSSR count). The van der Waals surface area contributed by atoms with Crippen molar-refractivity contribution in [2.75, 3.05) is 18.4 Å². The molecule has 1 aromatic rings. The quantitative estimate of drug-likeness (QED) is 0.381. The highest BCUT2D eigenvalue weighted by Crippen LogP contribution is 2.44. The van der Waals surface area contributed by atoms with Crippen molar-refractivity contribution in [1.82, 2.24) is 5.32 Å². The molecule has 23 heavy (non-hydrogen) atoms. The van der Waals surface area contributed by atoms with Gasteiger partial charge < -0.3 is 15.7 Å². The van der Waals surface area contributed by atoms with Crippen LogP contribution >= 0.6 is 0 Å². The van der Waals surface area contributed by atoms with Gasteiger partial charge in [-0.15, -0.1) is 0 Å². The summed E-state index contributed by atoms with van der Waals surface area (Å²) >= 11 is 0. The number of para-hydroxylation sites is 2. The van der Waals surface area contributed by atoms with Gasteiger partial charge in [0.2, 0.25) is 5.91 Å². The van der Waals surface area contributed by atoms with Crippen LogP contribution in [0.1, 0.15) is 25.7 Å². The molecule has 0 saturated heterocycles. The average molecular weight is 321 g/mol. The van der Waals surface area contributed by atoms with E-state index in [1.54, 1.807) is 18.2 Å². The van der Waals surface area contributed by atoms with Crippen LogP contribution in [0.4, 0.5) is 11.4 Å². The largest absolute Gasteiger partial charge is 0.481 e. The molecule has 3 N–H and O–H groups in total. The Kier molecular flexibility index (Phi) is 5.15. The molecule has 0 aliphatic heterocycles. The zero-order valence-corrected chi connectivity index (χ0v) is 12.6. The number of hydrogen-bond acceptors (Lipinski definition) is 5. The van der Waals surface area contributed by atoms with E-state index in [-0.39, 0.29) is 24.6 Å². The number of amides is 1. The number of carbonyl (C=O) groups excluding carboxylic acids is 1. The first-order valence-electron chi connectivity index (χ1n) is 7.42. The molecule has 1 aliphatic rings. The van der Waals surface area contributed by atoms with Crippen molar-refractivity contribution in [3.05, 3.63) is 34.4 Å². The summed E-state index contributed by atoms with van der Waals surface area (Å²) in [5.74, 6) is -1.23. The van der Waals surface area contributed by atoms with Gasteiger partial charge in [0, 0.05) is 25.6 Å². The van der Waals surface area contributed by atoms with E-state index in [0.29, 0.717) is 25.1 Å². The van der Waals surface area contributed by atoms with Crippen LogP contribution < -0.4 is 10.6 Å². The predicted molar refractivity (Wildman–Crippen MR) is 83.1 cm³/mol. The fraction of sp³-hybridized carbons (Fsp3) is 0.467. The fourth-order valence-corrected chi connectivity index (χ4v) is 2.62. The van der Waals surface area contributed by atoms with Gasteiger partial charge in [-0.25, -0.2) is 0 Å². The Morgan fingerprint density at radius 3 is 2.52 bits per heavy atom. The molecular weight excluding hydrogens is 302 g/mol. The second-order valence-electron chi connectivity index (χ2n) is 5.67. The van der Waals surface area contributed by atoms with Gasteiger partial charge in [0.25, 0.3) is 5.69 Å². The minimum Gasteiger partial charge on any atom is -0.481 e. The van der Waals surface area contributed by atoms with Gasteiger partial charge in [-0.2, -0.15) is 0 Å². The summed E-state index contributed by atoms with van der Waals surface area (Å²) in [7, 11) is 0. The van der Waals surface area contributed by atoms with E-state index in [1.807, 2.05) is 0 Å². The SMILES string of the molecule is O=C(CC1(C(=O)O)CCC1)NCCNc1ccccc1[N+](=O)[O-]. The van der Waals surface area contributed by atoms with E-state index < -0.39 is 16.3 Å². The lowest BCUT2D eigenvalue weighted by atomic mass is 9.66. The van der Waals surface area contributed by atoms with Crippen LogP contribution in [-0.4, -0.2) is 35.0 Å². The molecule has 1 aliphatic carbocycles. The third-order valence-corrected chi connectivity index (χ3v) is 4.13. The standard InChI is InChI=1S/C15H19N3O5/c19-13(10-15(14(20)21)6-3-7-15)17-9-8-16-11-4-1-2-5-12(11)18(22)23/h1-2,4-5,16H,3,6-10H2,(H,17,19)(H,20,21). The molecule has 1 fully saturated rings. The topological polar surface area (TPSA) is 122 Å². The molecular formula is C15H19N3O5. The van der Waals surface area contributed by atoms with Crippen LogP contribution in [0.3, 0.4) is 0 Å². The Morgan fingerprint density at radius 2 is 1.96 bits per heavy atom. The molecule has 0 unspecified atom stereocenters. The zero-order valence-electron chi connectivity index (χ0n) is 12.6. The number of anilines is 1. The van der Waals surface area contributed by atoms with Crippen LogP contribution in [-0.2, 0) is 9.59 Å². The van der Waals surface area contributed by atoms with E-state index in [1.165, 1.54) is 6.07 Å². The molecule has 1 amide bonds. The fourth-order valence-electron chi connectivity index (χ4n) is 2.62. The summed E-state index contributed by atoms with van der Waals surface area (Å²) in [6.07, 6.45) is 1.88. The monoisotopic (exact) mass is 321 g/mol. The van der Waals surface area contributed by atoms with Crippen molar-refractivity contribution in [2.45, 2.75) is 25.7 Å². The van der Waals surface area contributed by atoms with E-state index in [2.05, 4.69) is 10.6 Å². The van der Waals surface area contributed by atoms with Crippen LogP contribution in [0.2, 0.25) is 0 Å². The molecule has 0 radical (unpaired) electrons. The number of rotatable bonds is 8. The van der Waals surface area contributed by atoms with E-state index >= 15 is 0 Å². The van der Waals surface area contributed by atoms with Gasteiger partial charge in [-0.1, -0.05) is 18.6 Å². The molecule has 1 aromatic carbocycles. The summed E-state index contributed by atoms with van der Waals surface area (Å²) < 4.78 is 0. The second-order valence-corrected chi connectivity index (χ2v) is 5.67. The number of carboxylic acid groups (broad SMARTS) is 1. The highest BCUT2D eigenvalue weighted by Gasteiger charge is 2.45. The van der Waals surface area contributed by atoms with E-state index in [9.17, 15) is 24.8 Å². The van der Waals surface area contributed by atoms with Crippen molar-refractivity contribution in [1.29, 1.82) is 0 Å². The molecule has 1 saturated carbocycles. The predicted octanol–water partition coefficient (Wildman–Crippen LogP) is 1.77. The third-order valence-electron chi connectivity index (χ3n) is 4.13. The van der Waals surface area contributed by atoms with Gasteiger partial charge in [-0.3, -0.25) is 19.7 Å². The lowest BCUT2D eigenvalue weighted by molar-refractivity contribution is -0.384. The summed E-state index contributed by atoms with van der Waals surface area (Å²) in [5.41, 5.74) is -0.554. The van der Waals surface area contributed by atoms with Crippen LogP contribution in [0.25, 0.3) is 0 Å². The Balaban J connectivity index is 1.76. The Morgan fingerprint density at radius 1 is 1.26 bits per heavy atom. The van der Waals surface area contributed by atoms with Crippen molar-refractivity contribution in [3.63, 3.8) is 0 Å². The molecule has 0 aromatic heterocycles. The minimum absolute atomic E-state index is 0.0200. The van der Waals surface area contributed by atoms with Crippen LogP contribution in [0.5, 0.6) is 0 Å². The number of nitro benzene ring substituents is 1. The highest BCUT2D eigenvalue weighted by molar-refractivity contribution is 5.85. The number of aliphatic carboxylic acids is 1. The molecule has 0 atom stereocenters. The zero-order chi connectivity index (χ0) is 16.9. The molecule has 0 spiro atoms. The van der Waals surface area contributed by atoms with Gasteiger partial charge in [-0.05, 0) is 18.9 Å². The lowest BCUT2D eigenvalue weighted by Gasteiger charge is -2.36. The number of carbonyl (C=O) groups is 2. The molecule has 0 heterocycles. The highest BCUT2D eigenvalue weighted by atomic mass is 16.6. The van der Waals surface area contributed by atoms with Gasteiger partial charge in [0.05, 0.1) is 10.3 Å². The first-order valence-corrected chi connectivity index (χ1v) is 7.42. The normalized spacial score (nSPS) is 15.3. The average Bonchev–Trinajstić information content (AvgIpc) is 2.47. The van der Waals surface area contributed by atoms with E-state index in [0.717, 1.165) is 6.42 Å². The van der Waals surface area contributed by atoms with Crippen molar-refractivity contribution >= 4 is 23.3 Å². The van der Waals surface area contributed by atoms with Crippen molar-refractivity contribution in [2.24, 2.45) is 5.41 Å². The van der Waals surface area contributed by atoms with Crippen LogP contribution in [0.15, 0.2) is 24.3 Å². The Hall–Kier alpha value is -2.64. The first kappa shape index (κ1) is 16.7. The number of nitrogens with one attached hydrogen (secondary N) is 2. The maximum Gasteiger partial charge on any atom is 0.310 e. The second kappa shape index (κ2) is 7.08.